The van der Waals surface area contributed by atoms with Crippen LogP contribution in [0.2, 0.25) is 0 Å². The maximum atomic E-state index is 13.0. The van der Waals surface area contributed by atoms with Gasteiger partial charge in [0.15, 0.2) is 0 Å². The highest BCUT2D eigenvalue weighted by Gasteiger charge is 2.41. The van der Waals surface area contributed by atoms with Crippen molar-refractivity contribution < 1.29 is 22.9 Å². The standard InChI is InChI=1S/C12H10F3N3O3/c1-6-10(18(20)21)9(17-11(19)16-6)7-4-2-3-5-8(7)12(13,14)15/h2-5,9H,1H3,(H2,16,17,19)/t9-/m1/s1. The molecule has 112 valence electrons. The predicted molar refractivity (Wildman–Crippen MR) is 65.5 cm³/mol. The zero-order valence-electron chi connectivity index (χ0n) is 10.7. The number of hydrogen-bond donors (Lipinski definition) is 2. The molecule has 2 rings (SSSR count). The van der Waals surface area contributed by atoms with Crippen LogP contribution in [0.4, 0.5) is 18.0 Å². The van der Waals surface area contributed by atoms with E-state index in [9.17, 15) is 28.1 Å². The molecule has 0 bridgehead atoms. The Morgan fingerprint density at radius 2 is 1.90 bits per heavy atom. The molecule has 9 heteroatoms. The minimum Gasteiger partial charge on any atom is -0.321 e. The number of nitro groups is 1. The number of benzene rings is 1. The van der Waals surface area contributed by atoms with Gasteiger partial charge >= 0.3 is 12.2 Å². The Kier molecular flexibility index (Phi) is 3.58. The average Bonchev–Trinajstić information content (AvgIpc) is 2.36. The van der Waals surface area contributed by atoms with Crippen LogP contribution in [0.15, 0.2) is 35.7 Å². The number of carbonyl (C=O) groups excluding carboxylic acids is 1. The summed E-state index contributed by atoms with van der Waals surface area (Å²) in [6, 6.07) is 2.17. The molecule has 1 atom stereocenters. The van der Waals surface area contributed by atoms with Gasteiger partial charge in [-0.15, -0.1) is 0 Å². The van der Waals surface area contributed by atoms with E-state index in [4.69, 9.17) is 0 Å². The van der Waals surface area contributed by atoms with Crippen LogP contribution >= 0.6 is 0 Å². The average molecular weight is 301 g/mol. The normalized spacial score (nSPS) is 19.0. The number of carbonyl (C=O) groups is 1. The van der Waals surface area contributed by atoms with Crippen molar-refractivity contribution in [1.82, 2.24) is 10.6 Å². The molecular formula is C12H10F3N3O3. The van der Waals surface area contributed by atoms with Gasteiger partial charge in [-0.25, -0.2) is 4.79 Å². The maximum absolute atomic E-state index is 13.0. The molecule has 1 aliphatic rings. The van der Waals surface area contributed by atoms with Crippen molar-refractivity contribution in [2.75, 3.05) is 0 Å². The van der Waals surface area contributed by atoms with Crippen molar-refractivity contribution in [1.29, 1.82) is 0 Å². The number of nitrogens with one attached hydrogen (secondary N) is 2. The largest absolute Gasteiger partial charge is 0.416 e. The van der Waals surface area contributed by atoms with Gasteiger partial charge in [-0.05, 0) is 18.6 Å². The Bertz CT molecular complexity index is 640. The molecule has 0 radical (unpaired) electrons. The van der Waals surface area contributed by atoms with Crippen molar-refractivity contribution >= 4 is 6.03 Å². The molecule has 2 amide bonds. The quantitative estimate of drug-likeness (QED) is 0.650. The van der Waals surface area contributed by atoms with E-state index < -0.39 is 34.4 Å². The number of alkyl halides is 3. The van der Waals surface area contributed by atoms with Gasteiger partial charge in [-0.3, -0.25) is 10.1 Å². The Labute approximate surface area is 116 Å². The van der Waals surface area contributed by atoms with Gasteiger partial charge < -0.3 is 10.6 Å². The highest BCUT2D eigenvalue weighted by atomic mass is 19.4. The van der Waals surface area contributed by atoms with E-state index in [1.807, 2.05) is 0 Å². The molecule has 0 aromatic heterocycles. The lowest BCUT2D eigenvalue weighted by atomic mass is 9.96. The summed E-state index contributed by atoms with van der Waals surface area (Å²) in [5.74, 6) is 0. The van der Waals surface area contributed by atoms with Gasteiger partial charge in [0, 0.05) is 0 Å². The zero-order chi connectivity index (χ0) is 15.8. The monoisotopic (exact) mass is 301 g/mol. The number of rotatable bonds is 2. The Hall–Kier alpha value is -2.58. The van der Waals surface area contributed by atoms with E-state index >= 15 is 0 Å². The van der Waals surface area contributed by atoms with Crippen LogP contribution < -0.4 is 10.6 Å². The highest BCUT2D eigenvalue weighted by molar-refractivity contribution is 5.78. The summed E-state index contributed by atoms with van der Waals surface area (Å²) in [5.41, 5.74) is -2.01. The molecule has 21 heavy (non-hydrogen) atoms. The van der Waals surface area contributed by atoms with E-state index in [0.717, 1.165) is 12.1 Å². The maximum Gasteiger partial charge on any atom is 0.416 e. The molecule has 0 unspecified atom stereocenters. The topological polar surface area (TPSA) is 84.3 Å². The smallest absolute Gasteiger partial charge is 0.321 e. The fourth-order valence-corrected chi connectivity index (χ4v) is 2.16. The van der Waals surface area contributed by atoms with E-state index in [2.05, 4.69) is 10.6 Å². The number of urea groups is 1. The van der Waals surface area contributed by atoms with Crippen LogP contribution in [0, 0.1) is 10.1 Å². The summed E-state index contributed by atoms with van der Waals surface area (Å²) in [7, 11) is 0. The molecule has 1 aromatic carbocycles. The van der Waals surface area contributed by atoms with Gasteiger partial charge in [-0.2, -0.15) is 13.2 Å². The summed E-state index contributed by atoms with van der Waals surface area (Å²) in [6.07, 6.45) is -4.68. The zero-order valence-corrected chi connectivity index (χ0v) is 10.7. The van der Waals surface area contributed by atoms with E-state index in [1.54, 1.807) is 0 Å². The molecule has 0 fully saturated rings. The second kappa shape index (κ2) is 5.08. The van der Waals surface area contributed by atoms with Crippen LogP contribution in [0.3, 0.4) is 0 Å². The lowest BCUT2D eigenvalue weighted by molar-refractivity contribution is -0.432. The van der Waals surface area contributed by atoms with Crippen molar-refractivity contribution in [3.05, 3.63) is 56.9 Å². The van der Waals surface area contributed by atoms with Crippen molar-refractivity contribution in [2.45, 2.75) is 19.1 Å². The Morgan fingerprint density at radius 1 is 1.29 bits per heavy atom. The predicted octanol–water partition coefficient (Wildman–Crippen LogP) is 2.57. The van der Waals surface area contributed by atoms with E-state index in [0.29, 0.717) is 0 Å². The summed E-state index contributed by atoms with van der Waals surface area (Å²) < 4.78 is 39.0. The summed E-state index contributed by atoms with van der Waals surface area (Å²) in [6.45, 7) is 1.26. The number of amides is 2. The molecule has 0 saturated carbocycles. The van der Waals surface area contributed by atoms with Crippen LogP contribution in [0.5, 0.6) is 0 Å². The van der Waals surface area contributed by atoms with Crippen LogP contribution in [0.1, 0.15) is 24.1 Å². The van der Waals surface area contributed by atoms with Crippen LogP contribution in [-0.2, 0) is 6.18 Å². The number of hydrogen-bond acceptors (Lipinski definition) is 3. The Balaban J connectivity index is 2.62. The van der Waals surface area contributed by atoms with E-state index in [-0.39, 0.29) is 11.3 Å². The van der Waals surface area contributed by atoms with E-state index in [1.165, 1.54) is 19.1 Å². The van der Waals surface area contributed by atoms with Gasteiger partial charge in [-0.1, -0.05) is 18.2 Å². The van der Waals surface area contributed by atoms with Gasteiger partial charge in [0.25, 0.3) is 5.70 Å². The summed E-state index contributed by atoms with van der Waals surface area (Å²) in [5, 5.41) is 15.4. The van der Waals surface area contributed by atoms with Crippen molar-refractivity contribution in [2.24, 2.45) is 0 Å². The van der Waals surface area contributed by atoms with Gasteiger partial charge in [0.1, 0.15) is 6.04 Å². The summed E-state index contributed by atoms with van der Waals surface area (Å²) in [4.78, 5) is 21.7. The lowest BCUT2D eigenvalue weighted by Crippen LogP contribution is -2.45. The molecule has 0 aliphatic carbocycles. The first-order valence-electron chi connectivity index (χ1n) is 5.80. The summed E-state index contributed by atoms with van der Waals surface area (Å²) >= 11 is 0. The van der Waals surface area contributed by atoms with Gasteiger partial charge in [0.2, 0.25) is 0 Å². The first-order chi connectivity index (χ1) is 9.71. The Morgan fingerprint density at radius 3 is 2.48 bits per heavy atom. The molecule has 0 spiro atoms. The molecular weight excluding hydrogens is 291 g/mol. The third kappa shape index (κ3) is 2.81. The first-order valence-corrected chi connectivity index (χ1v) is 5.80. The third-order valence-electron chi connectivity index (χ3n) is 3.01. The van der Waals surface area contributed by atoms with Gasteiger partial charge in [0.05, 0.1) is 16.2 Å². The third-order valence-corrected chi connectivity index (χ3v) is 3.01. The van der Waals surface area contributed by atoms with Crippen molar-refractivity contribution in [3.8, 4) is 0 Å². The highest BCUT2D eigenvalue weighted by Crippen LogP contribution is 2.37. The van der Waals surface area contributed by atoms with Crippen molar-refractivity contribution in [3.63, 3.8) is 0 Å². The second-order valence-electron chi connectivity index (χ2n) is 4.38. The number of allylic oxidation sites excluding steroid dienone is 1. The number of nitrogens with zero attached hydrogens (tertiary/aromatic N) is 1. The first kappa shape index (κ1) is 14.8. The molecule has 1 aliphatic heterocycles. The van der Waals surface area contributed by atoms with Crippen LogP contribution in [-0.4, -0.2) is 11.0 Å². The lowest BCUT2D eigenvalue weighted by Gasteiger charge is -2.25. The molecule has 6 nitrogen and oxygen atoms in total. The second-order valence-corrected chi connectivity index (χ2v) is 4.38. The molecule has 1 heterocycles. The van der Waals surface area contributed by atoms with Crippen LogP contribution in [0.25, 0.3) is 0 Å². The minimum absolute atomic E-state index is 0.0919. The minimum atomic E-state index is -4.68. The SMILES string of the molecule is CC1=C([N+](=O)[O-])[C@@H](c2ccccc2C(F)(F)F)NC(=O)N1. The fraction of sp³-hybridized carbons (Fsp3) is 0.250. The molecule has 2 N–H and O–H groups in total. The fourth-order valence-electron chi connectivity index (χ4n) is 2.16. The number of halogens is 3. The molecule has 0 saturated heterocycles. The molecule has 1 aromatic rings.